The van der Waals surface area contributed by atoms with Crippen LogP contribution in [0.2, 0.25) is 0 Å². The van der Waals surface area contributed by atoms with Crippen LogP contribution in [-0.2, 0) is 0 Å². The Bertz CT molecular complexity index is 334. The summed E-state index contributed by atoms with van der Waals surface area (Å²) in [5, 5.41) is 18.0. The zero-order valence-electron chi connectivity index (χ0n) is 19.7. The molecule has 29 heavy (non-hydrogen) atoms. The monoisotopic (exact) mass is 411 g/mol. The van der Waals surface area contributed by atoms with Crippen molar-refractivity contribution in [3.05, 3.63) is 12.2 Å². The molecule has 174 valence electrons. The summed E-state index contributed by atoms with van der Waals surface area (Å²) in [4.78, 5) is 0. The van der Waals surface area contributed by atoms with Crippen molar-refractivity contribution in [2.45, 2.75) is 141 Å². The lowest BCUT2D eigenvalue weighted by Crippen LogP contribution is -2.39. The largest absolute Gasteiger partial charge is 0.396 e. The first-order valence-electron chi connectivity index (χ1n) is 12.8. The molecule has 0 saturated carbocycles. The fourth-order valence-corrected chi connectivity index (χ4v) is 4.10. The average Bonchev–Trinajstić information content (AvgIpc) is 2.71. The molecule has 3 heteroatoms. The summed E-state index contributed by atoms with van der Waals surface area (Å²) in [6, 6.07) is 0. The second-order valence-electron chi connectivity index (χ2n) is 9.06. The molecule has 0 heterocycles. The van der Waals surface area contributed by atoms with E-state index in [0.29, 0.717) is 0 Å². The van der Waals surface area contributed by atoms with E-state index >= 15 is 0 Å². The molecule has 0 spiro atoms. The molecule has 4 N–H and O–H groups in total. The topological polar surface area (TPSA) is 66.5 Å². The van der Waals surface area contributed by atoms with E-state index in [2.05, 4.69) is 19.1 Å². The minimum absolute atomic E-state index is 0.0936. The highest BCUT2D eigenvalue weighted by Crippen LogP contribution is 2.25. The third kappa shape index (κ3) is 20.7. The lowest BCUT2D eigenvalue weighted by molar-refractivity contribution is 0.247. The summed E-state index contributed by atoms with van der Waals surface area (Å²) in [6.45, 7) is 2.80. The zero-order chi connectivity index (χ0) is 21.5. The molecule has 0 fully saturated rings. The maximum absolute atomic E-state index is 9.02. The minimum atomic E-state index is -0.0936. The van der Waals surface area contributed by atoms with Gasteiger partial charge in [-0.15, -0.1) is 0 Å². The number of aliphatic hydroxyl groups excluding tert-OH is 2. The van der Waals surface area contributed by atoms with Gasteiger partial charge in [0.1, 0.15) is 0 Å². The van der Waals surface area contributed by atoms with Gasteiger partial charge < -0.3 is 15.9 Å². The summed E-state index contributed by atoms with van der Waals surface area (Å²) >= 11 is 0. The van der Waals surface area contributed by atoms with Gasteiger partial charge in [0.15, 0.2) is 0 Å². The quantitative estimate of drug-likeness (QED) is 0.125. The molecule has 0 saturated heterocycles. The maximum Gasteiger partial charge on any atom is 0.0431 e. The van der Waals surface area contributed by atoms with Crippen LogP contribution in [0.4, 0.5) is 0 Å². The molecule has 0 aromatic carbocycles. The zero-order valence-corrected chi connectivity index (χ0v) is 19.7. The molecular formula is C26H53NO2. The molecular weight excluding hydrogens is 358 g/mol. The van der Waals surface area contributed by atoms with Crippen LogP contribution in [0.5, 0.6) is 0 Å². The number of nitrogens with two attached hydrogens (primary N) is 1. The van der Waals surface area contributed by atoms with Gasteiger partial charge in [-0.1, -0.05) is 76.9 Å². The Kier molecular flexibility index (Phi) is 22.0. The van der Waals surface area contributed by atoms with Crippen LogP contribution >= 0.6 is 0 Å². The van der Waals surface area contributed by atoms with E-state index in [1.807, 2.05) is 0 Å². The van der Waals surface area contributed by atoms with Gasteiger partial charge in [0.05, 0.1) is 0 Å². The number of rotatable bonds is 23. The van der Waals surface area contributed by atoms with Crippen LogP contribution in [0, 0.1) is 0 Å². The third-order valence-corrected chi connectivity index (χ3v) is 6.10. The molecule has 0 radical (unpaired) electrons. The van der Waals surface area contributed by atoms with Crippen molar-refractivity contribution in [3.8, 4) is 0 Å². The maximum atomic E-state index is 9.02. The highest BCUT2D eigenvalue weighted by molar-refractivity contribution is 4.84. The van der Waals surface area contributed by atoms with E-state index in [1.54, 1.807) is 0 Å². The van der Waals surface area contributed by atoms with E-state index in [4.69, 9.17) is 15.9 Å². The lowest BCUT2D eigenvalue weighted by atomic mass is 9.83. The van der Waals surface area contributed by atoms with Gasteiger partial charge in [0, 0.05) is 18.8 Å². The van der Waals surface area contributed by atoms with Crippen LogP contribution in [0.1, 0.15) is 135 Å². The van der Waals surface area contributed by atoms with Gasteiger partial charge in [-0.3, -0.25) is 0 Å². The van der Waals surface area contributed by atoms with Crippen molar-refractivity contribution < 1.29 is 10.2 Å². The fraction of sp³-hybridized carbons (Fsp3) is 0.923. The third-order valence-electron chi connectivity index (χ3n) is 6.10. The number of hydrogen-bond acceptors (Lipinski definition) is 3. The molecule has 0 aromatic rings. The van der Waals surface area contributed by atoms with Gasteiger partial charge in [-0.2, -0.15) is 0 Å². The van der Waals surface area contributed by atoms with Crippen molar-refractivity contribution >= 4 is 0 Å². The molecule has 0 rings (SSSR count). The van der Waals surface area contributed by atoms with E-state index < -0.39 is 0 Å². The molecule has 0 amide bonds. The van der Waals surface area contributed by atoms with Crippen LogP contribution in [0.15, 0.2) is 12.2 Å². The summed E-state index contributed by atoms with van der Waals surface area (Å²) < 4.78 is 0. The summed E-state index contributed by atoms with van der Waals surface area (Å²) in [6.07, 6.45) is 28.8. The molecule has 0 aliphatic carbocycles. The number of hydrogen-bond donors (Lipinski definition) is 3. The van der Waals surface area contributed by atoms with E-state index in [9.17, 15) is 0 Å². The van der Waals surface area contributed by atoms with Gasteiger partial charge in [-0.25, -0.2) is 0 Å². The predicted molar refractivity (Wildman–Crippen MR) is 128 cm³/mol. The standard InChI is InChI=1S/C26H53NO2/c1-2-3-4-5-6-7-8-9-10-11-12-13-14-15-16-21-26(27,22-17-19-24-28)23-18-20-25-29/h9-10,28-29H,2-8,11-25,27H2,1H3/b10-9-. The first-order chi connectivity index (χ1) is 14.2. The highest BCUT2D eigenvalue weighted by Gasteiger charge is 2.23. The van der Waals surface area contributed by atoms with E-state index in [1.165, 1.54) is 83.5 Å². The van der Waals surface area contributed by atoms with Crippen LogP contribution in [0.25, 0.3) is 0 Å². The number of allylic oxidation sites excluding steroid dienone is 2. The highest BCUT2D eigenvalue weighted by atomic mass is 16.3. The summed E-state index contributed by atoms with van der Waals surface area (Å²) in [5.41, 5.74) is 6.57. The van der Waals surface area contributed by atoms with Crippen molar-refractivity contribution in [1.82, 2.24) is 0 Å². The normalized spacial score (nSPS) is 12.3. The average molecular weight is 412 g/mol. The Morgan fingerprint density at radius 2 is 0.931 bits per heavy atom. The Morgan fingerprint density at radius 3 is 1.38 bits per heavy atom. The molecule has 0 unspecified atom stereocenters. The molecule has 0 aliphatic heterocycles. The van der Waals surface area contributed by atoms with Crippen LogP contribution < -0.4 is 5.73 Å². The van der Waals surface area contributed by atoms with E-state index in [-0.39, 0.29) is 18.8 Å². The van der Waals surface area contributed by atoms with Crippen molar-refractivity contribution in [2.75, 3.05) is 13.2 Å². The van der Waals surface area contributed by atoms with Gasteiger partial charge in [0.2, 0.25) is 0 Å². The SMILES string of the molecule is CCCCCCCC/C=C\CCCCCCCC(N)(CCCCO)CCCCO. The van der Waals surface area contributed by atoms with Crippen molar-refractivity contribution in [1.29, 1.82) is 0 Å². The molecule has 0 bridgehead atoms. The van der Waals surface area contributed by atoms with E-state index in [0.717, 1.165) is 44.9 Å². The lowest BCUT2D eigenvalue weighted by Gasteiger charge is -2.30. The van der Waals surface area contributed by atoms with Crippen LogP contribution in [0.3, 0.4) is 0 Å². The number of unbranched alkanes of at least 4 members (excludes halogenated alkanes) is 13. The minimum Gasteiger partial charge on any atom is -0.396 e. The summed E-state index contributed by atoms with van der Waals surface area (Å²) in [5.74, 6) is 0. The summed E-state index contributed by atoms with van der Waals surface area (Å²) in [7, 11) is 0. The molecule has 0 atom stereocenters. The van der Waals surface area contributed by atoms with Gasteiger partial charge >= 0.3 is 0 Å². The second kappa shape index (κ2) is 22.3. The fourth-order valence-electron chi connectivity index (χ4n) is 4.10. The molecule has 3 nitrogen and oxygen atoms in total. The molecule has 0 aliphatic rings. The first kappa shape index (κ1) is 28.6. The smallest absolute Gasteiger partial charge is 0.0431 e. The van der Waals surface area contributed by atoms with Gasteiger partial charge in [-0.05, 0) is 70.6 Å². The van der Waals surface area contributed by atoms with Crippen LogP contribution in [-0.4, -0.2) is 29.0 Å². The second-order valence-corrected chi connectivity index (χ2v) is 9.06. The van der Waals surface area contributed by atoms with Crippen molar-refractivity contribution in [3.63, 3.8) is 0 Å². The Labute approximate surface area is 182 Å². The Morgan fingerprint density at radius 1 is 0.552 bits per heavy atom. The van der Waals surface area contributed by atoms with Crippen molar-refractivity contribution in [2.24, 2.45) is 5.73 Å². The molecule has 0 aromatic heterocycles. The number of aliphatic hydroxyl groups is 2. The van der Waals surface area contributed by atoms with Gasteiger partial charge in [0.25, 0.3) is 0 Å². The Hall–Kier alpha value is -0.380. The predicted octanol–water partition coefficient (Wildman–Crippen LogP) is 7.05. The first-order valence-corrected chi connectivity index (χ1v) is 12.8. The Balaban J connectivity index is 3.63.